The van der Waals surface area contributed by atoms with Crippen molar-refractivity contribution in [1.82, 2.24) is 5.43 Å². The molecule has 114 valence electrons. The summed E-state index contributed by atoms with van der Waals surface area (Å²) in [6.45, 7) is 4.12. The summed E-state index contributed by atoms with van der Waals surface area (Å²) in [6.07, 6.45) is 1.66. The van der Waals surface area contributed by atoms with Crippen molar-refractivity contribution in [3.8, 4) is 0 Å². The van der Waals surface area contributed by atoms with Gasteiger partial charge in [-0.15, -0.1) is 0 Å². The second-order valence-electron chi connectivity index (χ2n) is 5.60. The molecule has 0 unspecified atom stereocenters. The summed E-state index contributed by atoms with van der Waals surface area (Å²) in [5.41, 5.74) is 6.58. The van der Waals surface area contributed by atoms with E-state index in [0.717, 1.165) is 16.3 Å². The minimum atomic E-state index is -0.212. The molecule has 0 bridgehead atoms. The molecule has 0 spiro atoms. The van der Waals surface area contributed by atoms with Crippen LogP contribution in [0.15, 0.2) is 65.8 Å². The Balaban J connectivity index is 1.72. The number of rotatable bonds is 3. The van der Waals surface area contributed by atoms with E-state index >= 15 is 0 Å². The summed E-state index contributed by atoms with van der Waals surface area (Å²) < 4.78 is 0. The fraction of sp³-hybridized carbons (Fsp3) is 0.100. The number of carbonyl (C=O) groups is 1. The van der Waals surface area contributed by atoms with Crippen LogP contribution in [0.2, 0.25) is 0 Å². The number of aryl methyl sites for hydroxylation is 2. The highest BCUT2D eigenvalue weighted by atomic mass is 16.2. The van der Waals surface area contributed by atoms with Gasteiger partial charge in [-0.1, -0.05) is 48.5 Å². The van der Waals surface area contributed by atoms with Gasteiger partial charge in [-0.05, 0) is 53.4 Å². The molecule has 3 rings (SSSR count). The van der Waals surface area contributed by atoms with Crippen LogP contribution in [-0.2, 0) is 0 Å². The number of nitrogens with zero attached hydrogens (tertiary/aromatic N) is 1. The molecule has 23 heavy (non-hydrogen) atoms. The van der Waals surface area contributed by atoms with Gasteiger partial charge in [0.05, 0.1) is 6.21 Å². The molecule has 0 aliphatic carbocycles. The van der Waals surface area contributed by atoms with Crippen molar-refractivity contribution in [2.45, 2.75) is 13.8 Å². The van der Waals surface area contributed by atoms with Crippen LogP contribution in [0.3, 0.4) is 0 Å². The molecule has 3 heteroatoms. The lowest BCUT2D eigenvalue weighted by molar-refractivity contribution is 0.0955. The maximum atomic E-state index is 12.2. The Morgan fingerprint density at radius 3 is 2.48 bits per heavy atom. The van der Waals surface area contributed by atoms with E-state index < -0.39 is 0 Å². The van der Waals surface area contributed by atoms with E-state index in [-0.39, 0.29) is 5.91 Å². The molecule has 0 fully saturated rings. The number of amides is 1. The minimum absolute atomic E-state index is 0.212. The van der Waals surface area contributed by atoms with Gasteiger partial charge in [-0.2, -0.15) is 5.10 Å². The summed E-state index contributed by atoms with van der Waals surface area (Å²) in [6, 6.07) is 19.6. The molecular formula is C20H18N2O. The van der Waals surface area contributed by atoms with Crippen LogP contribution >= 0.6 is 0 Å². The average Bonchev–Trinajstić information content (AvgIpc) is 2.57. The molecular weight excluding hydrogens is 284 g/mol. The molecule has 3 nitrogen and oxygen atoms in total. The topological polar surface area (TPSA) is 41.5 Å². The van der Waals surface area contributed by atoms with Crippen LogP contribution in [0.4, 0.5) is 0 Å². The molecule has 3 aromatic rings. The van der Waals surface area contributed by atoms with Crippen molar-refractivity contribution in [3.05, 3.63) is 82.9 Å². The maximum absolute atomic E-state index is 12.2. The molecule has 0 saturated carbocycles. The Labute approximate surface area is 135 Å². The Bertz CT molecular complexity index is 897. The Morgan fingerprint density at radius 1 is 0.913 bits per heavy atom. The highest BCUT2D eigenvalue weighted by Crippen LogP contribution is 2.15. The fourth-order valence-corrected chi connectivity index (χ4v) is 2.41. The number of carbonyl (C=O) groups excluding carboxylic acids is 1. The number of fused-ring (bicyclic) bond motifs is 1. The van der Waals surface area contributed by atoms with Crippen molar-refractivity contribution >= 4 is 22.9 Å². The van der Waals surface area contributed by atoms with E-state index in [9.17, 15) is 4.79 Å². The van der Waals surface area contributed by atoms with Crippen molar-refractivity contribution in [2.75, 3.05) is 0 Å². The SMILES string of the molecule is Cc1ccc(/C=N/NC(=O)c2ccc3ccccc3c2)cc1C. The molecule has 0 aliphatic heterocycles. The molecule has 0 heterocycles. The van der Waals surface area contributed by atoms with Gasteiger partial charge in [-0.3, -0.25) is 4.79 Å². The molecule has 0 aliphatic rings. The van der Waals surface area contributed by atoms with Crippen LogP contribution in [-0.4, -0.2) is 12.1 Å². The zero-order chi connectivity index (χ0) is 16.2. The van der Waals surface area contributed by atoms with Crippen molar-refractivity contribution in [1.29, 1.82) is 0 Å². The second kappa shape index (κ2) is 6.44. The van der Waals surface area contributed by atoms with Gasteiger partial charge in [0, 0.05) is 5.56 Å². The summed E-state index contributed by atoms with van der Waals surface area (Å²) in [5, 5.41) is 6.20. The van der Waals surface area contributed by atoms with Crippen molar-refractivity contribution in [2.24, 2.45) is 5.10 Å². The third-order valence-corrected chi connectivity index (χ3v) is 3.92. The largest absolute Gasteiger partial charge is 0.271 e. The third kappa shape index (κ3) is 3.46. The molecule has 0 saturated heterocycles. The summed E-state index contributed by atoms with van der Waals surface area (Å²) in [4.78, 5) is 12.2. The lowest BCUT2D eigenvalue weighted by Gasteiger charge is -2.03. The summed E-state index contributed by atoms with van der Waals surface area (Å²) in [7, 11) is 0. The highest BCUT2D eigenvalue weighted by Gasteiger charge is 2.04. The summed E-state index contributed by atoms with van der Waals surface area (Å²) >= 11 is 0. The quantitative estimate of drug-likeness (QED) is 0.571. The first-order chi connectivity index (χ1) is 11.1. The van der Waals surface area contributed by atoms with Gasteiger partial charge in [-0.25, -0.2) is 5.43 Å². The van der Waals surface area contributed by atoms with Crippen molar-refractivity contribution in [3.63, 3.8) is 0 Å². The molecule has 0 aromatic heterocycles. The fourth-order valence-electron chi connectivity index (χ4n) is 2.41. The van der Waals surface area contributed by atoms with E-state index in [1.54, 1.807) is 6.21 Å². The number of hydrazone groups is 1. The monoisotopic (exact) mass is 302 g/mol. The van der Waals surface area contributed by atoms with Crippen LogP contribution in [0.1, 0.15) is 27.0 Å². The molecule has 3 aromatic carbocycles. The first-order valence-corrected chi connectivity index (χ1v) is 7.53. The Kier molecular flexibility index (Phi) is 4.20. The molecule has 0 atom stereocenters. The molecule has 0 radical (unpaired) electrons. The van der Waals surface area contributed by atoms with Gasteiger partial charge < -0.3 is 0 Å². The van der Waals surface area contributed by atoms with E-state index in [2.05, 4.69) is 24.4 Å². The lowest BCUT2D eigenvalue weighted by Crippen LogP contribution is -2.17. The zero-order valence-electron chi connectivity index (χ0n) is 13.2. The van der Waals surface area contributed by atoms with Gasteiger partial charge in [0.25, 0.3) is 5.91 Å². The minimum Gasteiger partial charge on any atom is -0.267 e. The lowest BCUT2D eigenvalue weighted by atomic mass is 10.1. The number of hydrogen-bond donors (Lipinski definition) is 1. The smallest absolute Gasteiger partial charge is 0.267 e. The van der Waals surface area contributed by atoms with Crippen LogP contribution in [0, 0.1) is 13.8 Å². The van der Waals surface area contributed by atoms with E-state index in [1.807, 2.05) is 60.7 Å². The molecule has 1 N–H and O–H groups in total. The number of nitrogens with one attached hydrogen (secondary N) is 1. The predicted molar refractivity (Wildman–Crippen MR) is 94.9 cm³/mol. The highest BCUT2D eigenvalue weighted by molar-refractivity contribution is 5.98. The number of benzene rings is 3. The van der Waals surface area contributed by atoms with Gasteiger partial charge in [0.15, 0.2) is 0 Å². The van der Waals surface area contributed by atoms with Crippen LogP contribution in [0.25, 0.3) is 10.8 Å². The van der Waals surface area contributed by atoms with Gasteiger partial charge in [0.2, 0.25) is 0 Å². The van der Waals surface area contributed by atoms with Crippen LogP contribution in [0.5, 0.6) is 0 Å². The standard InChI is InChI=1S/C20H18N2O/c1-14-7-8-16(11-15(14)2)13-21-22-20(23)19-10-9-17-5-3-4-6-18(17)12-19/h3-13H,1-2H3,(H,22,23)/b21-13+. The third-order valence-electron chi connectivity index (χ3n) is 3.92. The Hall–Kier alpha value is -2.94. The van der Waals surface area contributed by atoms with Gasteiger partial charge >= 0.3 is 0 Å². The van der Waals surface area contributed by atoms with E-state index in [0.29, 0.717) is 5.56 Å². The zero-order valence-corrected chi connectivity index (χ0v) is 13.2. The first-order valence-electron chi connectivity index (χ1n) is 7.53. The number of hydrogen-bond acceptors (Lipinski definition) is 2. The normalized spacial score (nSPS) is 11.0. The average molecular weight is 302 g/mol. The molecule has 1 amide bonds. The van der Waals surface area contributed by atoms with E-state index in [4.69, 9.17) is 0 Å². The predicted octanol–water partition coefficient (Wildman–Crippen LogP) is 4.22. The summed E-state index contributed by atoms with van der Waals surface area (Å²) in [5.74, 6) is -0.212. The van der Waals surface area contributed by atoms with Crippen LogP contribution < -0.4 is 5.43 Å². The van der Waals surface area contributed by atoms with Gasteiger partial charge in [0.1, 0.15) is 0 Å². The van der Waals surface area contributed by atoms with E-state index in [1.165, 1.54) is 11.1 Å². The Morgan fingerprint density at radius 2 is 1.70 bits per heavy atom. The van der Waals surface area contributed by atoms with Crippen molar-refractivity contribution < 1.29 is 4.79 Å². The first kappa shape index (κ1) is 15.0. The maximum Gasteiger partial charge on any atom is 0.271 e. The second-order valence-corrected chi connectivity index (χ2v) is 5.60.